The molecule has 0 spiro atoms. The summed E-state index contributed by atoms with van der Waals surface area (Å²) in [7, 11) is 0. The minimum absolute atomic E-state index is 0.150. The molecule has 2 saturated heterocycles. The van der Waals surface area contributed by atoms with Gasteiger partial charge >= 0.3 is 0 Å². The maximum absolute atomic E-state index is 14.0. The molecular weight excluding hydrogens is 482 g/mol. The van der Waals surface area contributed by atoms with E-state index in [1.807, 2.05) is 4.90 Å². The van der Waals surface area contributed by atoms with Gasteiger partial charge in [0.2, 0.25) is 5.95 Å². The smallest absolute Gasteiger partial charge is 0.296 e. The Labute approximate surface area is 213 Å². The number of hydrogen-bond donors (Lipinski definition) is 1. The number of nitrogens with zero attached hydrogens (tertiary/aromatic N) is 5. The molecule has 1 saturated carbocycles. The molecule has 37 heavy (non-hydrogen) atoms. The van der Waals surface area contributed by atoms with Gasteiger partial charge in [-0.15, -0.1) is 0 Å². The van der Waals surface area contributed by atoms with E-state index in [1.54, 1.807) is 30.3 Å². The number of carbonyl (C=O) groups is 1. The van der Waals surface area contributed by atoms with Crippen molar-refractivity contribution < 1.29 is 23.0 Å². The number of anilines is 2. The minimum Gasteiger partial charge on any atom is -0.378 e. The fourth-order valence-electron chi connectivity index (χ4n) is 5.42. The predicted molar refractivity (Wildman–Crippen MR) is 133 cm³/mol. The van der Waals surface area contributed by atoms with Crippen molar-refractivity contribution in [3.63, 3.8) is 0 Å². The SMILES string of the molecule is O=C(CC1CC(Nc2cc(-n3c(C(F)F)nc4ccccc43)nc(N3CCOCC3)n2)C1)[C@H]1CCCO1. The van der Waals surface area contributed by atoms with Gasteiger partial charge in [0.25, 0.3) is 6.43 Å². The Balaban J connectivity index is 1.26. The van der Waals surface area contributed by atoms with E-state index in [1.165, 1.54) is 4.57 Å². The summed E-state index contributed by atoms with van der Waals surface area (Å²) in [4.78, 5) is 28.1. The van der Waals surface area contributed by atoms with Crippen molar-refractivity contribution in [2.75, 3.05) is 43.1 Å². The molecule has 3 aliphatic rings. The van der Waals surface area contributed by atoms with Gasteiger partial charge in [-0.25, -0.2) is 13.8 Å². The van der Waals surface area contributed by atoms with Crippen molar-refractivity contribution in [3.8, 4) is 5.82 Å². The Hall–Kier alpha value is -3.18. The lowest BCUT2D eigenvalue weighted by Gasteiger charge is -2.36. The quantitative estimate of drug-likeness (QED) is 0.486. The number of ether oxygens (including phenoxy) is 2. The van der Waals surface area contributed by atoms with Gasteiger partial charge < -0.3 is 19.7 Å². The van der Waals surface area contributed by atoms with Crippen molar-refractivity contribution in [1.82, 2.24) is 19.5 Å². The maximum atomic E-state index is 14.0. The van der Waals surface area contributed by atoms with E-state index in [0.717, 1.165) is 25.7 Å². The fourth-order valence-corrected chi connectivity index (χ4v) is 5.42. The topological polar surface area (TPSA) is 94.4 Å². The Bertz CT molecular complexity index is 1270. The highest BCUT2D eigenvalue weighted by Gasteiger charge is 2.34. The first-order chi connectivity index (χ1) is 18.0. The van der Waals surface area contributed by atoms with E-state index in [2.05, 4.69) is 10.3 Å². The number of aromatic nitrogens is 4. The van der Waals surface area contributed by atoms with Crippen LogP contribution in [0.3, 0.4) is 0 Å². The summed E-state index contributed by atoms with van der Waals surface area (Å²) >= 11 is 0. The second-order valence-corrected chi connectivity index (χ2v) is 9.96. The van der Waals surface area contributed by atoms with Crippen molar-refractivity contribution >= 4 is 28.6 Å². The van der Waals surface area contributed by atoms with E-state index < -0.39 is 6.43 Å². The van der Waals surface area contributed by atoms with E-state index in [4.69, 9.17) is 19.4 Å². The van der Waals surface area contributed by atoms with E-state index in [-0.39, 0.29) is 23.8 Å². The highest BCUT2D eigenvalue weighted by atomic mass is 19.3. The first-order valence-electron chi connectivity index (χ1n) is 12.9. The second-order valence-electron chi connectivity index (χ2n) is 9.96. The number of carbonyl (C=O) groups excluding carboxylic acids is 1. The summed E-state index contributed by atoms with van der Waals surface area (Å²) in [5.74, 6) is 1.54. The number of hydrogen-bond acceptors (Lipinski definition) is 8. The van der Waals surface area contributed by atoms with Crippen LogP contribution < -0.4 is 10.2 Å². The normalized spacial score (nSPS) is 24.0. The number of para-hydroxylation sites is 2. The minimum atomic E-state index is -2.76. The molecule has 0 amide bonds. The third-order valence-corrected chi connectivity index (χ3v) is 7.37. The first-order valence-corrected chi connectivity index (χ1v) is 12.9. The molecule has 2 aliphatic heterocycles. The van der Waals surface area contributed by atoms with Crippen molar-refractivity contribution in [2.45, 2.75) is 50.7 Å². The standard InChI is InChI=1S/C26H30F2N6O3/c27-24(28)25-30-18-4-1-2-5-19(18)34(25)23-15-22(31-26(32-23)33-7-10-36-11-8-33)29-17-12-16(13-17)14-20(35)21-6-3-9-37-21/h1-2,4-5,15-17,21,24H,3,6-14H2,(H,29,31,32)/t16?,17?,21-/m1/s1. The highest BCUT2D eigenvalue weighted by molar-refractivity contribution is 5.83. The number of halogens is 2. The highest BCUT2D eigenvalue weighted by Crippen LogP contribution is 2.35. The average Bonchev–Trinajstić information content (AvgIpc) is 3.56. The van der Waals surface area contributed by atoms with Crippen LogP contribution in [0.15, 0.2) is 30.3 Å². The molecule has 0 radical (unpaired) electrons. The molecule has 1 aromatic carbocycles. The Kier molecular flexibility index (Phi) is 6.72. The molecular formula is C26H30F2N6O3. The molecule has 6 rings (SSSR count). The van der Waals surface area contributed by atoms with Gasteiger partial charge in [0.05, 0.1) is 24.2 Å². The number of benzene rings is 1. The lowest BCUT2D eigenvalue weighted by atomic mass is 9.76. The number of rotatable bonds is 8. The van der Waals surface area contributed by atoms with Crippen molar-refractivity contribution in [2.24, 2.45) is 5.92 Å². The Morgan fingerprint density at radius 1 is 1.11 bits per heavy atom. The molecule has 11 heteroatoms. The predicted octanol–water partition coefficient (Wildman–Crippen LogP) is 3.92. The lowest BCUT2D eigenvalue weighted by Crippen LogP contribution is -2.39. The van der Waals surface area contributed by atoms with Gasteiger partial charge in [-0.05, 0) is 43.7 Å². The molecule has 3 fully saturated rings. The van der Waals surface area contributed by atoms with E-state index in [9.17, 15) is 13.6 Å². The number of Topliss-reactive ketones (excluding diaryl/α,β-unsaturated/α-hetero) is 1. The number of morpholine rings is 1. The maximum Gasteiger partial charge on any atom is 0.296 e. The number of alkyl halides is 2. The zero-order valence-electron chi connectivity index (χ0n) is 20.5. The summed E-state index contributed by atoms with van der Waals surface area (Å²) < 4.78 is 40.5. The monoisotopic (exact) mass is 512 g/mol. The Morgan fingerprint density at radius 3 is 2.68 bits per heavy atom. The van der Waals surface area contributed by atoms with Crippen LogP contribution in [0.5, 0.6) is 0 Å². The molecule has 0 unspecified atom stereocenters. The summed E-state index contributed by atoms with van der Waals surface area (Å²) in [5.41, 5.74) is 1.04. The van der Waals surface area contributed by atoms with Gasteiger partial charge in [0, 0.05) is 38.2 Å². The first kappa shape index (κ1) is 24.2. The van der Waals surface area contributed by atoms with Crippen molar-refractivity contribution in [3.05, 3.63) is 36.2 Å². The van der Waals surface area contributed by atoms with Gasteiger partial charge in [-0.3, -0.25) is 9.36 Å². The number of imidazole rings is 1. The summed E-state index contributed by atoms with van der Waals surface area (Å²) in [6, 6.07) is 8.90. The molecule has 4 heterocycles. The number of nitrogens with one attached hydrogen (secondary N) is 1. The van der Waals surface area contributed by atoms with Crippen LogP contribution in [0.1, 0.15) is 44.4 Å². The van der Waals surface area contributed by atoms with Gasteiger partial charge in [0.1, 0.15) is 17.7 Å². The molecule has 196 valence electrons. The Morgan fingerprint density at radius 2 is 1.92 bits per heavy atom. The van der Waals surface area contributed by atoms with Crippen LogP contribution in [0.2, 0.25) is 0 Å². The number of fused-ring (bicyclic) bond motifs is 1. The molecule has 2 aromatic heterocycles. The van der Waals surface area contributed by atoms with Crippen LogP contribution in [0, 0.1) is 5.92 Å². The molecule has 9 nitrogen and oxygen atoms in total. The zero-order valence-corrected chi connectivity index (χ0v) is 20.5. The van der Waals surface area contributed by atoms with E-state index in [0.29, 0.717) is 73.9 Å². The molecule has 1 aliphatic carbocycles. The molecule has 1 N–H and O–H groups in total. The summed E-state index contributed by atoms with van der Waals surface area (Å²) in [5, 5.41) is 3.46. The van der Waals surface area contributed by atoms with Crippen LogP contribution in [-0.4, -0.2) is 70.4 Å². The van der Waals surface area contributed by atoms with E-state index >= 15 is 0 Å². The number of ketones is 1. The van der Waals surface area contributed by atoms with Crippen LogP contribution in [0.25, 0.3) is 16.9 Å². The van der Waals surface area contributed by atoms with Crippen LogP contribution >= 0.6 is 0 Å². The largest absolute Gasteiger partial charge is 0.378 e. The fraction of sp³-hybridized carbons (Fsp3) is 0.538. The lowest BCUT2D eigenvalue weighted by molar-refractivity contribution is -0.129. The second kappa shape index (κ2) is 10.3. The third-order valence-electron chi connectivity index (χ3n) is 7.37. The zero-order chi connectivity index (χ0) is 25.4. The van der Waals surface area contributed by atoms with Gasteiger partial charge in [-0.1, -0.05) is 12.1 Å². The molecule has 1 atom stereocenters. The van der Waals surface area contributed by atoms with Crippen molar-refractivity contribution in [1.29, 1.82) is 0 Å². The van der Waals surface area contributed by atoms with Gasteiger partial charge in [0.15, 0.2) is 11.6 Å². The van der Waals surface area contributed by atoms with Crippen LogP contribution in [0.4, 0.5) is 20.5 Å². The third kappa shape index (κ3) is 5.02. The molecule has 3 aromatic rings. The summed E-state index contributed by atoms with van der Waals surface area (Å²) in [6.07, 6.45) is 1.01. The average molecular weight is 513 g/mol. The summed E-state index contributed by atoms with van der Waals surface area (Å²) in [6.45, 7) is 3.01. The van der Waals surface area contributed by atoms with Crippen LogP contribution in [-0.2, 0) is 14.3 Å². The van der Waals surface area contributed by atoms with Gasteiger partial charge in [-0.2, -0.15) is 9.97 Å². The molecule has 0 bridgehead atoms.